The van der Waals surface area contributed by atoms with Gasteiger partial charge in [-0.1, -0.05) is 24.3 Å². The van der Waals surface area contributed by atoms with Gasteiger partial charge >= 0.3 is 0 Å². The molecular weight excluding hydrogens is 314 g/mol. The van der Waals surface area contributed by atoms with Crippen LogP contribution in [-0.2, 0) is 6.54 Å². The molecule has 2 aromatic rings. The van der Waals surface area contributed by atoms with Crippen molar-refractivity contribution in [1.29, 1.82) is 0 Å². The number of rotatable bonds is 4. The third kappa shape index (κ3) is 4.14. The fourth-order valence-electron chi connectivity index (χ4n) is 3.09. The first kappa shape index (κ1) is 17.4. The van der Waals surface area contributed by atoms with E-state index in [-0.39, 0.29) is 5.91 Å². The van der Waals surface area contributed by atoms with Gasteiger partial charge in [-0.05, 0) is 31.0 Å². The van der Waals surface area contributed by atoms with Crippen molar-refractivity contribution in [2.24, 2.45) is 0 Å². The van der Waals surface area contributed by atoms with Gasteiger partial charge in [0.2, 0.25) is 5.95 Å². The minimum Gasteiger partial charge on any atom is -0.357 e. The van der Waals surface area contributed by atoms with Crippen molar-refractivity contribution in [3.63, 3.8) is 0 Å². The van der Waals surface area contributed by atoms with E-state index in [0.29, 0.717) is 11.6 Å². The van der Waals surface area contributed by atoms with Gasteiger partial charge in [0.1, 0.15) is 5.69 Å². The number of nitrogens with one attached hydrogen (secondary N) is 1. The second kappa shape index (κ2) is 7.61. The lowest BCUT2D eigenvalue weighted by Crippen LogP contribution is -2.48. The highest BCUT2D eigenvalue weighted by molar-refractivity contribution is 5.92. The molecule has 1 aliphatic rings. The Kier molecular flexibility index (Phi) is 5.28. The van der Waals surface area contributed by atoms with E-state index >= 15 is 0 Å². The topological polar surface area (TPSA) is 61.4 Å². The highest BCUT2D eigenvalue weighted by Gasteiger charge is 2.23. The summed E-state index contributed by atoms with van der Waals surface area (Å²) in [5.74, 6) is 0.471. The summed E-state index contributed by atoms with van der Waals surface area (Å²) in [5.41, 5.74) is 3.93. The molecule has 1 N–H and O–H groups in total. The second-order valence-electron chi connectivity index (χ2n) is 6.46. The number of nitrogens with zero attached hydrogens (tertiary/aromatic N) is 4. The summed E-state index contributed by atoms with van der Waals surface area (Å²) in [6.45, 7) is 8.16. The first-order valence-electron chi connectivity index (χ1n) is 8.66. The Morgan fingerprint density at radius 3 is 2.52 bits per heavy atom. The molecule has 25 heavy (non-hydrogen) atoms. The number of amides is 1. The predicted molar refractivity (Wildman–Crippen MR) is 98.7 cm³/mol. The standard InChI is InChI=1S/C19H25N5O/c1-14-6-4-5-7-16(14)13-23-8-10-24(11-9-23)18(25)17-12-15(2)21-19(20-3)22-17/h4-7,12H,8-11,13H2,1-3H3,(H,20,21,22). The lowest BCUT2D eigenvalue weighted by molar-refractivity contribution is 0.0622. The van der Waals surface area contributed by atoms with Crippen LogP contribution >= 0.6 is 0 Å². The molecule has 0 radical (unpaired) electrons. The zero-order valence-corrected chi connectivity index (χ0v) is 15.1. The van der Waals surface area contributed by atoms with Gasteiger partial charge in [-0.15, -0.1) is 0 Å². The highest BCUT2D eigenvalue weighted by atomic mass is 16.2. The van der Waals surface area contributed by atoms with Gasteiger partial charge in [0, 0.05) is 45.5 Å². The molecule has 1 amide bonds. The third-order valence-electron chi connectivity index (χ3n) is 4.61. The fraction of sp³-hybridized carbons (Fsp3) is 0.421. The molecule has 0 atom stereocenters. The molecule has 3 rings (SSSR count). The van der Waals surface area contributed by atoms with Crippen molar-refractivity contribution in [3.05, 3.63) is 52.8 Å². The van der Waals surface area contributed by atoms with Gasteiger partial charge in [-0.25, -0.2) is 9.97 Å². The quantitative estimate of drug-likeness (QED) is 0.924. The van der Waals surface area contributed by atoms with Crippen LogP contribution < -0.4 is 5.32 Å². The average Bonchev–Trinajstić information content (AvgIpc) is 2.63. The number of aromatic nitrogens is 2. The molecule has 1 saturated heterocycles. The van der Waals surface area contributed by atoms with Crippen LogP contribution in [0.5, 0.6) is 0 Å². The first-order valence-corrected chi connectivity index (χ1v) is 8.66. The van der Waals surface area contributed by atoms with Crippen LogP contribution in [0, 0.1) is 13.8 Å². The Balaban J connectivity index is 1.61. The molecule has 2 heterocycles. The summed E-state index contributed by atoms with van der Waals surface area (Å²) >= 11 is 0. The molecule has 1 aromatic carbocycles. The number of benzene rings is 1. The van der Waals surface area contributed by atoms with Crippen LogP contribution in [0.4, 0.5) is 5.95 Å². The van der Waals surface area contributed by atoms with E-state index in [1.807, 2.05) is 11.8 Å². The van der Waals surface area contributed by atoms with E-state index in [9.17, 15) is 4.79 Å². The monoisotopic (exact) mass is 339 g/mol. The van der Waals surface area contributed by atoms with Crippen LogP contribution in [0.2, 0.25) is 0 Å². The first-order chi connectivity index (χ1) is 12.1. The van der Waals surface area contributed by atoms with Crippen LogP contribution in [0.15, 0.2) is 30.3 Å². The highest BCUT2D eigenvalue weighted by Crippen LogP contribution is 2.14. The van der Waals surface area contributed by atoms with Crippen LogP contribution in [0.1, 0.15) is 27.3 Å². The van der Waals surface area contributed by atoms with Crippen molar-refractivity contribution in [1.82, 2.24) is 19.8 Å². The summed E-state index contributed by atoms with van der Waals surface area (Å²) in [7, 11) is 1.76. The van der Waals surface area contributed by atoms with Crippen molar-refractivity contribution in [3.8, 4) is 0 Å². The maximum absolute atomic E-state index is 12.7. The van der Waals surface area contributed by atoms with Gasteiger partial charge in [0.25, 0.3) is 5.91 Å². The number of aryl methyl sites for hydroxylation is 2. The van der Waals surface area contributed by atoms with E-state index in [1.165, 1.54) is 11.1 Å². The van der Waals surface area contributed by atoms with Crippen molar-refractivity contribution >= 4 is 11.9 Å². The summed E-state index contributed by atoms with van der Waals surface area (Å²) in [4.78, 5) is 25.6. The lowest BCUT2D eigenvalue weighted by atomic mass is 10.1. The Labute approximate surface area is 148 Å². The van der Waals surface area contributed by atoms with Crippen molar-refractivity contribution in [2.75, 3.05) is 38.5 Å². The average molecular weight is 339 g/mol. The number of hydrogen-bond donors (Lipinski definition) is 1. The Bertz CT molecular complexity index is 753. The molecule has 0 spiro atoms. The smallest absolute Gasteiger partial charge is 0.272 e. The van der Waals surface area contributed by atoms with Gasteiger partial charge in [-0.2, -0.15) is 0 Å². The van der Waals surface area contributed by atoms with Crippen LogP contribution in [0.25, 0.3) is 0 Å². The normalized spacial score (nSPS) is 15.2. The van der Waals surface area contributed by atoms with Crippen LogP contribution in [0.3, 0.4) is 0 Å². The van der Waals surface area contributed by atoms with Crippen LogP contribution in [-0.4, -0.2) is 58.9 Å². The Morgan fingerprint density at radius 1 is 1.12 bits per heavy atom. The Morgan fingerprint density at radius 2 is 1.84 bits per heavy atom. The number of anilines is 1. The second-order valence-corrected chi connectivity index (χ2v) is 6.46. The van der Waals surface area contributed by atoms with E-state index in [0.717, 1.165) is 38.4 Å². The summed E-state index contributed by atoms with van der Waals surface area (Å²) < 4.78 is 0. The van der Waals surface area contributed by atoms with Crippen molar-refractivity contribution in [2.45, 2.75) is 20.4 Å². The lowest BCUT2D eigenvalue weighted by Gasteiger charge is -2.34. The maximum Gasteiger partial charge on any atom is 0.272 e. The molecule has 0 saturated carbocycles. The molecule has 6 heteroatoms. The summed E-state index contributed by atoms with van der Waals surface area (Å²) in [6, 6.07) is 10.2. The van der Waals surface area contributed by atoms with Crippen molar-refractivity contribution < 1.29 is 4.79 Å². The molecule has 132 valence electrons. The maximum atomic E-state index is 12.7. The minimum absolute atomic E-state index is 0.0162. The molecule has 1 aromatic heterocycles. The third-order valence-corrected chi connectivity index (χ3v) is 4.61. The summed E-state index contributed by atoms with van der Waals surface area (Å²) in [5, 5.41) is 2.90. The van der Waals surface area contributed by atoms with E-state index in [2.05, 4.69) is 51.4 Å². The number of carbonyl (C=O) groups excluding carboxylic acids is 1. The van der Waals surface area contributed by atoms with Gasteiger partial charge < -0.3 is 10.2 Å². The largest absolute Gasteiger partial charge is 0.357 e. The number of piperazine rings is 1. The molecule has 0 aliphatic carbocycles. The Hall–Kier alpha value is -2.47. The zero-order chi connectivity index (χ0) is 17.8. The van der Waals surface area contributed by atoms with E-state index < -0.39 is 0 Å². The molecular formula is C19H25N5O. The number of hydrogen-bond acceptors (Lipinski definition) is 5. The summed E-state index contributed by atoms with van der Waals surface area (Å²) in [6.07, 6.45) is 0. The molecule has 6 nitrogen and oxygen atoms in total. The SMILES string of the molecule is CNc1nc(C)cc(C(=O)N2CCN(Cc3ccccc3C)CC2)n1. The van der Waals surface area contributed by atoms with Gasteiger partial charge in [-0.3, -0.25) is 9.69 Å². The minimum atomic E-state index is -0.0162. The molecule has 0 bridgehead atoms. The number of carbonyl (C=O) groups is 1. The van der Waals surface area contributed by atoms with E-state index in [4.69, 9.17) is 0 Å². The zero-order valence-electron chi connectivity index (χ0n) is 15.1. The molecule has 0 unspecified atom stereocenters. The predicted octanol–water partition coefficient (Wildman–Crippen LogP) is 2.09. The molecule has 1 fully saturated rings. The molecule has 1 aliphatic heterocycles. The van der Waals surface area contributed by atoms with Gasteiger partial charge in [0.15, 0.2) is 0 Å². The fourth-order valence-corrected chi connectivity index (χ4v) is 3.09. The van der Waals surface area contributed by atoms with E-state index in [1.54, 1.807) is 13.1 Å². The van der Waals surface area contributed by atoms with Gasteiger partial charge in [0.05, 0.1) is 0 Å².